The Bertz CT molecular complexity index is 1150. The van der Waals surface area contributed by atoms with Gasteiger partial charge in [-0.2, -0.15) is 13.9 Å². The number of carbonyl (C=O) groups is 1. The maximum atomic E-state index is 14.4. The summed E-state index contributed by atoms with van der Waals surface area (Å²) in [5.41, 5.74) is 5.49. The highest BCUT2D eigenvalue weighted by atomic mass is 35.5. The molecule has 3 aliphatic heterocycles. The molecule has 1 saturated heterocycles. The molecular weight excluding hydrogens is 500 g/mol. The highest BCUT2D eigenvalue weighted by Crippen LogP contribution is 2.52. The molecule has 1 spiro atoms. The van der Waals surface area contributed by atoms with E-state index in [0.717, 1.165) is 25.3 Å². The maximum absolute atomic E-state index is 14.4. The molecule has 2 aromatic heterocycles. The number of amides is 1. The number of alkyl halides is 2. The van der Waals surface area contributed by atoms with Crippen LogP contribution in [0.5, 0.6) is 5.75 Å². The average Bonchev–Trinajstić information content (AvgIpc) is 3.41. The van der Waals surface area contributed by atoms with Gasteiger partial charge in [-0.25, -0.2) is 9.99 Å². The molecule has 1 atom stereocenters. The largest absolute Gasteiger partial charge is 0.480 e. The summed E-state index contributed by atoms with van der Waals surface area (Å²) in [6, 6.07) is 4.85. The molecule has 8 nitrogen and oxygen atoms in total. The molecule has 0 saturated carbocycles. The lowest BCUT2D eigenvalue weighted by molar-refractivity contribution is -0.181. The van der Waals surface area contributed by atoms with E-state index in [1.165, 1.54) is 17.4 Å². The first-order chi connectivity index (χ1) is 16.7. The molecule has 5 heterocycles. The van der Waals surface area contributed by atoms with E-state index in [4.69, 9.17) is 26.8 Å². The van der Waals surface area contributed by atoms with Crippen LogP contribution in [0.2, 0.25) is 4.34 Å². The monoisotopic (exact) mass is 525 g/mol. The second-order valence-corrected chi connectivity index (χ2v) is 10.9. The van der Waals surface area contributed by atoms with Crippen LogP contribution in [0, 0.1) is 5.92 Å². The molecule has 188 valence electrons. The second kappa shape index (κ2) is 9.27. The van der Waals surface area contributed by atoms with Crippen LogP contribution in [-0.4, -0.2) is 60.9 Å². The van der Waals surface area contributed by atoms with Crippen LogP contribution in [0.1, 0.15) is 30.2 Å². The van der Waals surface area contributed by atoms with Crippen molar-refractivity contribution in [1.82, 2.24) is 9.88 Å². The number of thiophene rings is 1. The normalized spacial score (nSPS) is 23.3. The highest BCUT2D eigenvalue weighted by molar-refractivity contribution is 7.16. The molecule has 0 aromatic carbocycles. The number of primary amides is 1. The fourth-order valence-corrected chi connectivity index (χ4v) is 6.42. The van der Waals surface area contributed by atoms with E-state index in [0.29, 0.717) is 40.2 Å². The molecule has 35 heavy (non-hydrogen) atoms. The fourth-order valence-electron chi connectivity index (χ4n) is 4.94. The first-order valence-corrected chi connectivity index (χ1v) is 12.6. The van der Waals surface area contributed by atoms with Gasteiger partial charge < -0.3 is 20.1 Å². The summed E-state index contributed by atoms with van der Waals surface area (Å²) in [7, 11) is 0. The van der Waals surface area contributed by atoms with Gasteiger partial charge in [0.15, 0.2) is 18.2 Å². The van der Waals surface area contributed by atoms with Crippen LogP contribution < -0.4 is 15.5 Å². The molecule has 1 amide bonds. The first-order valence-electron chi connectivity index (χ1n) is 11.4. The number of aromatic nitrogens is 1. The van der Waals surface area contributed by atoms with Crippen LogP contribution >= 0.6 is 22.9 Å². The van der Waals surface area contributed by atoms with Gasteiger partial charge in [-0.15, -0.1) is 11.3 Å². The van der Waals surface area contributed by atoms with Gasteiger partial charge in [0, 0.05) is 47.9 Å². The number of carbonyl (C=O) groups excluding carboxylic acids is 1. The van der Waals surface area contributed by atoms with Gasteiger partial charge in [0.25, 0.3) is 11.8 Å². The number of halogens is 3. The molecule has 1 unspecified atom stereocenters. The highest BCUT2D eigenvalue weighted by Gasteiger charge is 2.51. The van der Waals surface area contributed by atoms with Crippen LogP contribution in [0.25, 0.3) is 0 Å². The van der Waals surface area contributed by atoms with Crippen molar-refractivity contribution < 1.29 is 23.0 Å². The minimum absolute atomic E-state index is 0.0198. The zero-order valence-corrected chi connectivity index (χ0v) is 20.7. The number of hydrazone groups is 1. The van der Waals surface area contributed by atoms with Gasteiger partial charge >= 0.3 is 0 Å². The number of fused-ring (bicyclic) bond motifs is 2. The van der Waals surface area contributed by atoms with Gasteiger partial charge in [-0.1, -0.05) is 11.6 Å². The zero-order chi connectivity index (χ0) is 24.8. The summed E-state index contributed by atoms with van der Waals surface area (Å²) in [6.07, 6.45) is 2.91. The summed E-state index contributed by atoms with van der Waals surface area (Å²) < 4.78 is 40.5. The van der Waals surface area contributed by atoms with Crippen molar-refractivity contribution in [2.45, 2.75) is 31.3 Å². The Morgan fingerprint density at radius 3 is 2.91 bits per heavy atom. The smallest absolute Gasteiger partial charge is 0.297 e. The van der Waals surface area contributed by atoms with E-state index in [-0.39, 0.29) is 18.1 Å². The van der Waals surface area contributed by atoms with E-state index < -0.39 is 24.0 Å². The Morgan fingerprint density at radius 1 is 1.40 bits per heavy atom. The molecule has 12 heteroatoms. The molecule has 2 aromatic rings. The van der Waals surface area contributed by atoms with Crippen molar-refractivity contribution in [1.29, 1.82) is 0 Å². The second-order valence-electron chi connectivity index (χ2n) is 9.18. The Morgan fingerprint density at radius 2 is 2.17 bits per heavy atom. The molecular formula is C23H26ClF2N5O3S. The quantitative estimate of drug-likeness (QED) is 0.619. The van der Waals surface area contributed by atoms with Gasteiger partial charge in [-0.3, -0.25) is 4.79 Å². The van der Waals surface area contributed by atoms with Crippen molar-refractivity contribution in [3.63, 3.8) is 0 Å². The zero-order valence-electron chi connectivity index (χ0n) is 19.2. The Labute approximate surface area is 210 Å². The molecule has 0 aliphatic carbocycles. The summed E-state index contributed by atoms with van der Waals surface area (Å²) in [4.78, 5) is 18.4. The molecule has 3 aliphatic rings. The van der Waals surface area contributed by atoms with Crippen molar-refractivity contribution >= 4 is 40.4 Å². The summed E-state index contributed by atoms with van der Waals surface area (Å²) in [5, 5.41) is 6.45. The molecule has 0 bridgehead atoms. The molecule has 1 fully saturated rings. The predicted octanol–water partition coefficient (Wildman–Crippen LogP) is 3.59. The third-order valence-corrected chi connectivity index (χ3v) is 8.26. The number of likely N-dealkylation sites (tertiary alicyclic amines) is 1. The summed E-state index contributed by atoms with van der Waals surface area (Å²) in [5.74, 6) is -2.43. The van der Waals surface area contributed by atoms with Crippen LogP contribution in [-0.2, 0) is 21.1 Å². The van der Waals surface area contributed by atoms with E-state index in [1.54, 1.807) is 23.3 Å². The van der Waals surface area contributed by atoms with Crippen LogP contribution in [0.4, 0.5) is 14.6 Å². The number of rotatable bonds is 6. The predicted molar refractivity (Wildman–Crippen MR) is 129 cm³/mol. The number of nitrogens with zero attached hydrogens (tertiary/aromatic N) is 4. The number of anilines is 1. The van der Waals surface area contributed by atoms with Crippen LogP contribution in [0.15, 0.2) is 29.5 Å². The molecule has 2 N–H and O–H groups in total. The Hall–Kier alpha value is -2.34. The molecule has 5 rings (SSSR count). The summed E-state index contributed by atoms with van der Waals surface area (Å²) >= 11 is 7.32. The lowest BCUT2D eigenvalue weighted by Gasteiger charge is -2.45. The Balaban J connectivity index is 1.23. The minimum Gasteiger partial charge on any atom is -0.480 e. The van der Waals surface area contributed by atoms with E-state index >= 15 is 0 Å². The number of nitrogens with two attached hydrogens (primary N) is 1. The third-order valence-electron chi connectivity index (χ3n) is 6.81. The SMILES string of the molecule is CC1=NN(c2ncccc2OCC(N)=O)CC1CN1CCC2(CC1)OCC(F)(F)c1cc(Cl)sc12. The fraction of sp³-hybridized carbons (Fsp3) is 0.522. The van der Waals surface area contributed by atoms with Crippen LogP contribution in [0.3, 0.4) is 0 Å². The minimum atomic E-state index is -3.01. The lowest BCUT2D eigenvalue weighted by Crippen LogP contribution is -2.50. The Kier molecular flexibility index (Phi) is 6.45. The van der Waals surface area contributed by atoms with Gasteiger partial charge in [0.1, 0.15) is 12.2 Å². The van der Waals surface area contributed by atoms with Gasteiger partial charge in [0.2, 0.25) is 0 Å². The van der Waals surface area contributed by atoms with E-state index in [1.807, 2.05) is 6.92 Å². The number of pyridine rings is 1. The average molecular weight is 526 g/mol. The van der Waals surface area contributed by atoms with Gasteiger partial charge in [-0.05, 0) is 38.0 Å². The first kappa shape index (κ1) is 24.4. The topological polar surface area (TPSA) is 93.3 Å². The standard InChI is InChI=1S/C23H26ClF2N5O3S/c1-14-15(11-31(29-14)21-17(3-2-6-28-21)33-12-19(27)32)10-30-7-4-22(5-8-30)20-16(9-18(24)35-20)23(25,26)13-34-22/h2-3,6,9,15H,4-5,7-8,10-13H2,1H3,(H2,27,32). The number of piperidine rings is 1. The molecule has 0 radical (unpaired) electrons. The number of hydrogen-bond donors (Lipinski definition) is 1. The number of hydrogen-bond acceptors (Lipinski definition) is 8. The number of ether oxygens (including phenoxy) is 2. The van der Waals surface area contributed by atoms with Gasteiger partial charge in [0.05, 0.1) is 10.9 Å². The lowest BCUT2D eigenvalue weighted by atomic mass is 9.84. The third kappa shape index (κ3) is 4.74. The van der Waals surface area contributed by atoms with Crippen molar-refractivity contribution in [3.8, 4) is 5.75 Å². The van der Waals surface area contributed by atoms with Crippen molar-refractivity contribution in [2.24, 2.45) is 16.8 Å². The maximum Gasteiger partial charge on any atom is 0.297 e. The van der Waals surface area contributed by atoms with Crippen molar-refractivity contribution in [3.05, 3.63) is 39.2 Å². The van der Waals surface area contributed by atoms with E-state index in [2.05, 4.69) is 15.0 Å². The van der Waals surface area contributed by atoms with E-state index in [9.17, 15) is 13.6 Å². The van der Waals surface area contributed by atoms with Crippen molar-refractivity contribution in [2.75, 3.05) is 44.4 Å². The summed E-state index contributed by atoms with van der Waals surface area (Å²) in [6.45, 7) is 3.97.